The number of rotatable bonds is 4. The summed E-state index contributed by atoms with van der Waals surface area (Å²) >= 11 is 0. The van der Waals surface area contributed by atoms with Crippen molar-refractivity contribution in [2.24, 2.45) is 11.8 Å². The number of nitrogens with one attached hydrogen (secondary N) is 1. The number of nitrogens with zero attached hydrogens (tertiary/aromatic N) is 3. The minimum Gasteiger partial charge on any atom is -0.337 e. The minimum absolute atomic E-state index is 0.00579. The molecule has 3 heterocycles. The van der Waals surface area contributed by atoms with Crippen molar-refractivity contribution in [1.29, 1.82) is 0 Å². The third-order valence-electron chi connectivity index (χ3n) is 5.85. The Kier molecular flexibility index (Phi) is 5.55. The van der Waals surface area contributed by atoms with Crippen LogP contribution in [0.5, 0.6) is 0 Å². The Morgan fingerprint density at radius 2 is 1.89 bits per heavy atom. The first-order valence-electron chi connectivity index (χ1n) is 9.99. The largest absolute Gasteiger partial charge is 0.337 e. The summed E-state index contributed by atoms with van der Waals surface area (Å²) in [5, 5.41) is 6.60. The standard InChI is InChI=1S/C22H26N4O2/c27-21-19(8-4-5-13-26(21)16-17-6-2-1-3-7-17)18-10-14-25(15-11-18)22(28)20-9-12-23-24-20/h1-7,9,12,18-19H,8,10-11,13-16H2,(H,23,24). The number of likely N-dealkylation sites (tertiary alicyclic amines) is 1. The maximum absolute atomic E-state index is 13.2. The molecule has 1 fully saturated rings. The van der Waals surface area contributed by atoms with Crippen molar-refractivity contribution in [2.75, 3.05) is 19.6 Å². The van der Waals surface area contributed by atoms with E-state index in [4.69, 9.17) is 0 Å². The zero-order chi connectivity index (χ0) is 19.3. The van der Waals surface area contributed by atoms with Gasteiger partial charge in [0.25, 0.3) is 5.91 Å². The highest BCUT2D eigenvalue weighted by atomic mass is 16.2. The van der Waals surface area contributed by atoms with Gasteiger partial charge in [-0.15, -0.1) is 0 Å². The van der Waals surface area contributed by atoms with E-state index >= 15 is 0 Å². The average molecular weight is 378 g/mol. The van der Waals surface area contributed by atoms with E-state index in [-0.39, 0.29) is 17.7 Å². The van der Waals surface area contributed by atoms with Crippen molar-refractivity contribution in [2.45, 2.75) is 25.8 Å². The van der Waals surface area contributed by atoms with Gasteiger partial charge in [-0.3, -0.25) is 14.7 Å². The van der Waals surface area contributed by atoms with Crippen LogP contribution in [0.1, 0.15) is 35.3 Å². The van der Waals surface area contributed by atoms with E-state index in [1.165, 1.54) is 0 Å². The van der Waals surface area contributed by atoms with Gasteiger partial charge in [-0.2, -0.15) is 5.10 Å². The maximum Gasteiger partial charge on any atom is 0.271 e. The number of hydrogen-bond donors (Lipinski definition) is 1. The van der Waals surface area contributed by atoms with E-state index in [1.54, 1.807) is 12.3 Å². The number of carbonyl (C=O) groups excluding carboxylic acids is 2. The molecule has 0 bridgehead atoms. The van der Waals surface area contributed by atoms with Gasteiger partial charge < -0.3 is 9.80 Å². The third kappa shape index (κ3) is 4.01. The second-order valence-corrected chi connectivity index (χ2v) is 7.62. The highest BCUT2D eigenvalue weighted by molar-refractivity contribution is 5.92. The van der Waals surface area contributed by atoms with Crippen molar-refractivity contribution in [3.05, 3.63) is 66.0 Å². The molecule has 0 spiro atoms. The Morgan fingerprint density at radius 1 is 1.11 bits per heavy atom. The predicted molar refractivity (Wildman–Crippen MR) is 106 cm³/mol. The van der Waals surface area contributed by atoms with Gasteiger partial charge in [-0.1, -0.05) is 42.5 Å². The van der Waals surface area contributed by atoms with Gasteiger partial charge in [0.1, 0.15) is 5.69 Å². The van der Waals surface area contributed by atoms with Crippen molar-refractivity contribution in [3.8, 4) is 0 Å². The van der Waals surface area contributed by atoms with E-state index in [0.717, 1.165) is 24.8 Å². The molecule has 146 valence electrons. The molecule has 1 N–H and O–H groups in total. The van der Waals surface area contributed by atoms with Crippen molar-refractivity contribution in [1.82, 2.24) is 20.0 Å². The summed E-state index contributed by atoms with van der Waals surface area (Å²) in [6.45, 7) is 2.70. The zero-order valence-corrected chi connectivity index (χ0v) is 16.0. The molecule has 2 amide bonds. The van der Waals surface area contributed by atoms with E-state index < -0.39 is 0 Å². The summed E-state index contributed by atoms with van der Waals surface area (Å²) in [7, 11) is 0. The summed E-state index contributed by atoms with van der Waals surface area (Å²) < 4.78 is 0. The van der Waals surface area contributed by atoms with Crippen molar-refractivity contribution < 1.29 is 9.59 Å². The van der Waals surface area contributed by atoms with E-state index in [9.17, 15) is 9.59 Å². The molecule has 1 unspecified atom stereocenters. The first kappa shape index (κ1) is 18.5. The average Bonchev–Trinajstić information content (AvgIpc) is 3.22. The summed E-state index contributed by atoms with van der Waals surface area (Å²) in [5.41, 5.74) is 1.69. The lowest BCUT2D eigenvalue weighted by atomic mass is 9.81. The molecular formula is C22H26N4O2. The zero-order valence-electron chi connectivity index (χ0n) is 16.0. The molecule has 0 radical (unpaired) electrons. The number of benzene rings is 1. The smallest absolute Gasteiger partial charge is 0.271 e. The fourth-order valence-electron chi connectivity index (χ4n) is 4.26. The SMILES string of the molecule is O=C(c1ccn[nH]1)N1CCC(C2CC=CCN(Cc3ccccc3)C2=O)CC1. The van der Waals surface area contributed by atoms with Crippen LogP contribution in [0.15, 0.2) is 54.7 Å². The van der Waals surface area contributed by atoms with Crippen LogP contribution in [0.2, 0.25) is 0 Å². The minimum atomic E-state index is -0.00579. The number of aromatic nitrogens is 2. The third-order valence-corrected chi connectivity index (χ3v) is 5.85. The monoisotopic (exact) mass is 378 g/mol. The molecule has 1 atom stereocenters. The van der Waals surface area contributed by atoms with Gasteiger partial charge in [-0.05, 0) is 36.8 Å². The predicted octanol–water partition coefficient (Wildman–Crippen LogP) is 2.87. The van der Waals surface area contributed by atoms with Crippen LogP contribution in [-0.2, 0) is 11.3 Å². The van der Waals surface area contributed by atoms with E-state index in [1.807, 2.05) is 28.0 Å². The van der Waals surface area contributed by atoms with Crippen LogP contribution in [0.25, 0.3) is 0 Å². The molecule has 4 rings (SSSR count). The van der Waals surface area contributed by atoms with Crippen LogP contribution < -0.4 is 0 Å². The summed E-state index contributed by atoms with van der Waals surface area (Å²) in [6, 6.07) is 11.9. The molecule has 6 heteroatoms. The van der Waals surface area contributed by atoms with Crippen LogP contribution in [0.3, 0.4) is 0 Å². The second-order valence-electron chi connectivity index (χ2n) is 7.62. The Bertz CT molecular complexity index is 823. The fourth-order valence-corrected chi connectivity index (χ4v) is 4.26. The van der Waals surface area contributed by atoms with Gasteiger partial charge in [0, 0.05) is 38.3 Å². The quantitative estimate of drug-likeness (QED) is 0.832. The Labute approximate surface area is 165 Å². The fraction of sp³-hybridized carbons (Fsp3) is 0.409. The van der Waals surface area contributed by atoms with Gasteiger partial charge in [-0.25, -0.2) is 0 Å². The van der Waals surface area contributed by atoms with Crippen LogP contribution >= 0.6 is 0 Å². The number of hydrogen-bond acceptors (Lipinski definition) is 3. The van der Waals surface area contributed by atoms with Crippen molar-refractivity contribution in [3.63, 3.8) is 0 Å². The van der Waals surface area contributed by atoms with Crippen LogP contribution in [0.4, 0.5) is 0 Å². The first-order valence-corrected chi connectivity index (χ1v) is 9.99. The normalized spacial score (nSPS) is 21.0. The molecular weight excluding hydrogens is 352 g/mol. The molecule has 0 saturated carbocycles. The highest BCUT2D eigenvalue weighted by Gasteiger charge is 2.35. The molecule has 2 aliphatic rings. The highest BCUT2D eigenvalue weighted by Crippen LogP contribution is 2.31. The number of aromatic amines is 1. The topological polar surface area (TPSA) is 69.3 Å². The lowest BCUT2D eigenvalue weighted by Crippen LogP contribution is -2.44. The lowest BCUT2D eigenvalue weighted by Gasteiger charge is -2.36. The van der Waals surface area contributed by atoms with E-state index in [0.29, 0.717) is 37.8 Å². The molecule has 1 aromatic carbocycles. The Hall–Kier alpha value is -2.89. The second kappa shape index (κ2) is 8.42. The Morgan fingerprint density at radius 3 is 2.61 bits per heavy atom. The number of piperidine rings is 1. The van der Waals surface area contributed by atoms with Gasteiger partial charge in [0.15, 0.2) is 0 Å². The van der Waals surface area contributed by atoms with Crippen LogP contribution in [0, 0.1) is 11.8 Å². The number of amides is 2. The molecule has 1 aromatic heterocycles. The summed E-state index contributed by atoms with van der Waals surface area (Å²) in [6.07, 6.45) is 8.38. The summed E-state index contributed by atoms with van der Waals surface area (Å²) in [5.74, 6) is 0.562. The maximum atomic E-state index is 13.2. The lowest BCUT2D eigenvalue weighted by molar-refractivity contribution is -0.137. The van der Waals surface area contributed by atoms with Crippen molar-refractivity contribution >= 4 is 11.8 Å². The summed E-state index contributed by atoms with van der Waals surface area (Å²) in [4.78, 5) is 29.6. The van der Waals surface area contributed by atoms with Crippen LogP contribution in [-0.4, -0.2) is 51.4 Å². The molecule has 2 aromatic rings. The number of carbonyl (C=O) groups is 2. The van der Waals surface area contributed by atoms with E-state index in [2.05, 4.69) is 34.5 Å². The molecule has 28 heavy (non-hydrogen) atoms. The first-order chi connectivity index (χ1) is 13.7. The molecule has 2 aliphatic heterocycles. The number of allylic oxidation sites excluding steroid dienone is 1. The molecule has 6 nitrogen and oxygen atoms in total. The number of H-pyrrole nitrogens is 1. The van der Waals surface area contributed by atoms with Gasteiger partial charge in [0.2, 0.25) is 5.91 Å². The Balaban J connectivity index is 1.39. The molecule has 0 aliphatic carbocycles. The van der Waals surface area contributed by atoms with Gasteiger partial charge in [0.05, 0.1) is 0 Å². The molecule has 1 saturated heterocycles. The van der Waals surface area contributed by atoms with Gasteiger partial charge >= 0.3 is 0 Å².